The van der Waals surface area contributed by atoms with Crippen LogP contribution in [0.15, 0.2) is 18.2 Å². The third kappa shape index (κ3) is 5.10. The van der Waals surface area contributed by atoms with Crippen LogP contribution in [0.25, 0.3) is 0 Å². The minimum atomic E-state index is -0.245. The van der Waals surface area contributed by atoms with Gasteiger partial charge in [0.25, 0.3) is 5.91 Å². The van der Waals surface area contributed by atoms with Gasteiger partial charge in [0, 0.05) is 12.7 Å². The highest BCUT2D eigenvalue weighted by Crippen LogP contribution is 2.19. The molecule has 114 valence electrons. The predicted octanol–water partition coefficient (Wildman–Crippen LogP) is 1.19. The van der Waals surface area contributed by atoms with E-state index in [1.807, 2.05) is 6.92 Å². The van der Waals surface area contributed by atoms with Crippen LogP contribution in [-0.4, -0.2) is 44.5 Å². The average Bonchev–Trinajstić information content (AvgIpc) is 2.51. The van der Waals surface area contributed by atoms with Gasteiger partial charge in [0.2, 0.25) is 0 Å². The Bertz CT molecular complexity index is 531. The predicted molar refractivity (Wildman–Crippen MR) is 80.4 cm³/mol. The van der Waals surface area contributed by atoms with Crippen molar-refractivity contribution in [2.45, 2.75) is 19.4 Å². The number of nitrogens with one attached hydrogen (secondary N) is 1. The molecule has 0 radical (unpaired) electrons. The summed E-state index contributed by atoms with van der Waals surface area (Å²) in [6.45, 7) is 2.21. The molecule has 0 heterocycles. The number of carbonyl (C=O) groups is 1. The van der Waals surface area contributed by atoms with Crippen molar-refractivity contribution in [3.63, 3.8) is 0 Å². The second-order valence-corrected chi connectivity index (χ2v) is 4.41. The minimum Gasteiger partial charge on any atom is -0.495 e. The van der Waals surface area contributed by atoms with Crippen LogP contribution < -0.4 is 10.1 Å². The van der Waals surface area contributed by atoms with E-state index in [9.17, 15) is 4.79 Å². The molecule has 0 aliphatic heterocycles. The molecule has 0 spiro atoms. The molecule has 1 aromatic rings. The van der Waals surface area contributed by atoms with Crippen LogP contribution in [0.3, 0.4) is 0 Å². The van der Waals surface area contributed by atoms with Crippen LogP contribution >= 0.6 is 0 Å². The third-order valence-electron chi connectivity index (χ3n) is 2.96. The van der Waals surface area contributed by atoms with Gasteiger partial charge in [-0.25, -0.2) is 0 Å². The molecule has 0 aliphatic carbocycles. The number of hydrogen-bond donors (Lipinski definition) is 2. The topological polar surface area (TPSA) is 67.8 Å². The highest BCUT2D eigenvalue weighted by Gasteiger charge is 2.13. The number of rotatable bonds is 6. The van der Waals surface area contributed by atoms with E-state index in [2.05, 4.69) is 17.2 Å². The molecule has 5 nitrogen and oxygen atoms in total. The fourth-order valence-corrected chi connectivity index (χ4v) is 1.81. The lowest BCUT2D eigenvalue weighted by Gasteiger charge is -2.16. The Labute approximate surface area is 125 Å². The van der Waals surface area contributed by atoms with Gasteiger partial charge >= 0.3 is 0 Å². The molecule has 1 aromatic carbocycles. The summed E-state index contributed by atoms with van der Waals surface area (Å²) in [5.41, 5.74) is 1.06. The molecule has 5 heteroatoms. The van der Waals surface area contributed by atoms with Crippen molar-refractivity contribution >= 4 is 5.91 Å². The summed E-state index contributed by atoms with van der Waals surface area (Å²) >= 11 is 0. The van der Waals surface area contributed by atoms with Gasteiger partial charge in [-0.3, -0.25) is 4.79 Å². The number of carbonyl (C=O) groups excluding carboxylic acids is 1. The van der Waals surface area contributed by atoms with Gasteiger partial charge in [0.05, 0.1) is 25.3 Å². The molecule has 0 saturated heterocycles. The molecule has 0 aliphatic rings. The zero-order chi connectivity index (χ0) is 15.7. The highest BCUT2D eigenvalue weighted by atomic mass is 16.5. The number of aliphatic hydroxyl groups is 1. The fourth-order valence-electron chi connectivity index (χ4n) is 1.81. The smallest absolute Gasteiger partial charge is 0.251 e. The Morgan fingerprint density at radius 3 is 2.76 bits per heavy atom. The van der Waals surface area contributed by atoms with Gasteiger partial charge in [-0.1, -0.05) is 18.8 Å². The lowest BCUT2D eigenvalue weighted by atomic mass is 10.1. The molecule has 0 saturated carbocycles. The van der Waals surface area contributed by atoms with E-state index in [0.29, 0.717) is 23.5 Å². The van der Waals surface area contributed by atoms with Crippen molar-refractivity contribution < 1.29 is 19.4 Å². The molecule has 1 amide bonds. The van der Waals surface area contributed by atoms with E-state index in [1.54, 1.807) is 25.3 Å². The van der Waals surface area contributed by atoms with Gasteiger partial charge in [-0.05, 0) is 24.6 Å². The molecule has 1 unspecified atom stereocenters. The number of hydrogen-bond acceptors (Lipinski definition) is 4. The summed E-state index contributed by atoms with van der Waals surface area (Å²) in [6.07, 6.45) is 0.785. The largest absolute Gasteiger partial charge is 0.495 e. The summed E-state index contributed by atoms with van der Waals surface area (Å²) < 4.78 is 10.2. The Balaban J connectivity index is 2.94. The van der Waals surface area contributed by atoms with Gasteiger partial charge < -0.3 is 19.9 Å². The number of ether oxygens (including phenoxy) is 2. The van der Waals surface area contributed by atoms with E-state index in [-0.39, 0.29) is 18.6 Å². The summed E-state index contributed by atoms with van der Waals surface area (Å²) in [5.74, 6) is 5.70. The zero-order valence-electron chi connectivity index (χ0n) is 12.6. The monoisotopic (exact) mass is 291 g/mol. The Morgan fingerprint density at radius 1 is 1.43 bits per heavy atom. The lowest BCUT2D eigenvalue weighted by molar-refractivity contribution is 0.0894. The molecule has 21 heavy (non-hydrogen) atoms. The second kappa shape index (κ2) is 9.01. The SMILES string of the molecule is CCC(COC)NC(=O)c1ccc(OC)c(C#CCO)c1. The quantitative estimate of drug-likeness (QED) is 0.773. The summed E-state index contributed by atoms with van der Waals surface area (Å²) in [5, 5.41) is 11.7. The van der Waals surface area contributed by atoms with E-state index in [1.165, 1.54) is 7.11 Å². The summed E-state index contributed by atoms with van der Waals surface area (Å²) in [6, 6.07) is 4.98. The van der Waals surface area contributed by atoms with Crippen LogP contribution in [0.1, 0.15) is 29.3 Å². The first-order valence-corrected chi connectivity index (χ1v) is 6.73. The highest BCUT2D eigenvalue weighted by molar-refractivity contribution is 5.95. The standard InChI is InChI=1S/C16H21NO4/c1-4-14(11-20-2)17-16(19)13-7-8-15(21-3)12(10-13)6-5-9-18/h7-8,10,14,18H,4,9,11H2,1-3H3,(H,17,19). The first-order valence-electron chi connectivity index (χ1n) is 6.73. The molecular formula is C16H21NO4. The maximum absolute atomic E-state index is 12.2. The van der Waals surface area contributed by atoms with Crippen LogP contribution in [0.5, 0.6) is 5.75 Å². The summed E-state index contributed by atoms with van der Waals surface area (Å²) in [7, 11) is 3.13. The average molecular weight is 291 g/mol. The first-order chi connectivity index (χ1) is 10.2. The molecule has 1 atom stereocenters. The fraction of sp³-hybridized carbons (Fsp3) is 0.438. The van der Waals surface area contributed by atoms with E-state index < -0.39 is 0 Å². The zero-order valence-corrected chi connectivity index (χ0v) is 12.6. The van der Waals surface area contributed by atoms with Gasteiger partial charge in [-0.2, -0.15) is 0 Å². The van der Waals surface area contributed by atoms with Crippen molar-refractivity contribution in [1.29, 1.82) is 0 Å². The number of aliphatic hydroxyl groups excluding tert-OH is 1. The van der Waals surface area contributed by atoms with Crippen LogP contribution in [0.2, 0.25) is 0 Å². The second-order valence-electron chi connectivity index (χ2n) is 4.41. The van der Waals surface area contributed by atoms with Crippen molar-refractivity contribution in [3.05, 3.63) is 29.3 Å². The number of amides is 1. The van der Waals surface area contributed by atoms with Crippen LogP contribution in [0, 0.1) is 11.8 Å². The van der Waals surface area contributed by atoms with Crippen LogP contribution in [-0.2, 0) is 4.74 Å². The molecule has 2 N–H and O–H groups in total. The van der Waals surface area contributed by atoms with E-state index in [0.717, 1.165) is 6.42 Å². The van der Waals surface area contributed by atoms with Crippen molar-refractivity contribution in [1.82, 2.24) is 5.32 Å². The lowest BCUT2D eigenvalue weighted by Crippen LogP contribution is -2.37. The van der Waals surface area contributed by atoms with E-state index in [4.69, 9.17) is 14.6 Å². The van der Waals surface area contributed by atoms with Gasteiger partial charge in [0.1, 0.15) is 12.4 Å². The molecule has 1 rings (SSSR count). The number of methoxy groups -OCH3 is 2. The maximum atomic E-state index is 12.2. The Hall–Kier alpha value is -2.03. The Morgan fingerprint density at radius 2 is 2.19 bits per heavy atom. The molecular weight excluding hydrogens is 270 g/mol. The van der Waals surface area contributed by atoms with Crippen molar-refractivity contribution in [2.24, 2.45) is 0 Å². The van der Waals surface area contributed by atoms with E-state index >= 15 is 0 Å². The molecule has 0 fully saturated rings. The minimum absolute atomic E-state index is 0.0309. The molecule has 0 bridgehead atoms. The summed E-state index contributed by atoms with van der Waals surface area (Å²) in [4.78, 5) is 12.2. The molecule has 0 aromatic heterocycles. The van der Waals surface area contributed by atoms with Crippen LogP contribution in [0.4, 0.5) is 0 Å². The Kier molecular flexibility index (Phi) is 7.30. The van der Waals surface area contributed by atoms with Gasteiger partial charge in [-0.15, -0.1) is 0 Å². The maximum Gasteiger partial charge on any atom is 0.251 e. The third-order valence-corrected chi connectivity index (χ3v) is 2.96. The van der Waals surface area contributed by atoms with Crippen molar-refractivity contribution in [2.75, 3.05) is 27.4 Å². The number of benzene rings is 1. The normalized spacial score (nSPS) is 11.2. The first kappa shape index (κ1) is 17.0. The van der Waals surface area contributed by atoms with Crippen molar-refractivity contribution in [3.8, 4) is 17.6 Å². The van der Waals surface area contributed by atoms with Gasteiger partial charge in [0.15, 0.2) is 0 Å².